The zero-order chi connectivity index (χ0) is 18.9. The van der Waals surface area contributed by atoms with Gasteiger partial charge >= 0.3 is 0 Å². The lowest BCUT2D eigenvalue weighted by molar-refractivity contribution is -0.118. The maximum Gasteiger partial charge on any atom is 0.264 e. The zero-order valence-corrected chi connectivity index (χ0v) is 16.3. The smallest absolute Gasteiger partial charge is 0.264 e. The molecule has 0 atom stereocenters. The second-order valence-corrected chi connectivity index (χ2v) is 6.78. The second kappa shape index (κ2) is 9.91. The fourth-order valence-electron chi connectivity index (χ4n) is 2.51. The Bertz CT molecular complexity index is 741. The summed E-state index contributed by atoms with van der Waals surface area (Å²) in [5, 5.41) is 12.4. The third-order valence-electron chi connectivity index (χ3n) is 3.99. The number of hydrogen-bond donors (Lipinski definition) is 1. The van der Waals surface area contributed by atoms with E-state index in [0.29, 0.717) is 22.5 Å². The molecule has 0 bridgehead atoms. The zero-order valence-electron chi connectivity index (χ0n) is 15.4. The van der Waals surface area contributed by atoms with E-state index in [0.717, 1.165) is 29.8 Å². The van der Waals surface area contributed by atoms with Gasteiger partial charge < -0.3 is 9.47 Å². The highest BCUT2D eigenvalue weighted by Gasteiger charge is 2.15. The minimum atomic E-state index is -0.283. The highest BCUT2D eigenvalue weighted by Crippen LogP contribution is 2.29. The number of benzene rings is 1. The van der Waals surface area contributed by atoms with E-state index in [1.54, 1.807) is 13.2 Å². The van der Waals surface area contributed by atoms with Crippen LogP contribution < -0.4 is 14.8 Å². The molecule has 2 aromatic rings. The summed E-state index contributed by atoms with van der Waals surface area (Å²) in [6.45, 7) is 7.83. The minimum absolute atomic E-state index is 0.128. The SMILES string of the molecule is C=CCc1ccc(OCC(=O)Nc2nnc(C(CC)CC)s2)c(OC)c1. The van der Waals surface area contributed by atoms with Gasteiger partial charge in [0, 0.05) is 5.92 Å². The van der Waals surface area contributed by atoms with Gasteiger partial charge in [0.05, 0.1) is 7.11 Å². The van der Waals surface area contributed by atoms with Crippen molar-refractivity contribution in [2.75, 3.05) is 19.0 Å². The number of rotatable bonds is 10. The molecule has 6 nitrogen and oxygen atoms in total. The summed E-state index contributed by atoms with van der Waals surface area (Å²) in [5.74, 6) is 1.21. The van der Waals surface area contributed by atoms with E-state index in [9.17, 15) is 4.79 Å². The van der Waals surface area contributed by atoms with Crippen LogP contribution in [0.1, 0.15) is 43.2 Å². The molecule has 1 amide bonds. The van der Waals surface area contributed by atoms with Crippen molar-refractivity contribution in [3.8, 4) is 11.5 Å². The van der Waals surface area contributed by atoms with E-state index in [1.165, 1.54) is 11.3 Å². The number of methoxy groups -OCH3 is 1. The summed E-state index contributed by atoms with van der Waals surface area (Å²) >= 11 is 1.41. The topological polar surface area (TPSA) is 73.3 Å². The highest BCUT2D eigenvalue weighted by molar-refractivity contribution is 7.15. The normalized spacial score (nSPS) is 10.6. The first kappa shape index (κ1) is 19.9. The maximum atomic E-state index is 12.1. The van der Waals surface area contributed by atoms with Crippen LogP contribution in [0.2, 0.25) is 0 Å². The Balaban J connectivity index is 1.93. The van der Waals surface area contributed by atoms with Crippen molar-refractivity contribution in [3.63, 3.8) is 0 Å². The lowest BCUT2D eigenvalue weighted by atomic mass is 10.1. The summed E-state index contributed by atoms with van der Waals surface area (Å²) in [4.78, 5) is 12.1. The van der Waals surface area contributed by atoms with Crippen molar-refractivity contribution in [1.29, 1.82) is 0 Å². The average molecular weight is 375 g/mol. The van der Waals surface area contributed by atoms with Crippen LogP contribution in [0.25, 0.3) is 0 Å². The molecule has 26 heavy (non-hydrogen) atoms. The summed E-state index contributed by atoms with van der Waals surface area (Å²) in [7, 11) is 1.57. The number of hydrogen-bond acceptors (Lipinski definition) is 6. The maximum absolute atomic E-state index is 12.1. The molecular formula is C19H25N3O3S. The number of allylic oxidation sites excluding steroid dienone is 1. The number of ether oxygens (including phenoxy) is 2. The fraction of sp³-hybridized carbons (Fsp3) is 0.421. The third kappa shape index (κ3) is 5.29. The molecule has 0 aliphatic carbocycles. The predicted molar refractivity (Wildman–Crippen MR) is 104 cm³/mol. The quantitative estimate of drug-likeness (QED) is 0.630. The monoisotopic (exact) mass is 375 g/mol. The van der Waals surface area contributed by atoms with Crippen LogP contribution in [0.15, 0.2) is 30.9 Å². The molecule has 0 saturated carbocycles. The van der Waals surface area contributed by atoms with E-state index < -0.39 is 0 Å². The first-order chi connectivity index (χ1) is 12.6. The van der Waals surface area contributed by atoms with Crippen molar-refractivity contribution in [3.05, 3.63) is 41.4 Å². The number of aromatic nitrogens is 2. The van der Waals surface area contributed by atoms with Crippen molar-refractivity contribution in [2.24, 2.45) is 0 Å². The molecule has 0 radical (unpaired) electrons. The van der Waals surface area contributed by atoms with Crippen LogP contribution in [0.5, 0.6) is 11.5 Å². The van der Waals surface area contributed by atoms with Crippen molar-refractivity contribution in [2.45, 2.75) is 39.0 Å². The lowest BCUT2D eigenvalue weighted by Gasteiger charge is -2.11. The molecule has 0 spiro atoms. The molecule has 140 valence electrons. The Morgan fingerprint density at radius 3 is 2.73 bits per heavy atom. The van der Waals surface area contributed by atoms with E-state index in [2.05, 4.69) is 35.9 Å². The minimum Gasteiger partial charge on any atom is -0.493 e. The first-order valence-corrected chi connectivity index (χ1v) is 9.46. The van der Waals surface area contributed by atoms with Gasteiger partial charge in [0.25, 0.3) is 5.91 Å². The van der Waals surface area contributed by atoms with Gasteiger partial charge in [-0.25, -0.2) is 0 Å². The van der Waals surface area contributed by atoms with Gasteiger partial charge in [0.2, 0.25) is 5.13 Å². The molecule has 7 heteroatoms. The lowest BCUT2D eigenvalue weighted by Crippen LogP contribution is -2.20. The van der Waals surface area contributed by atoms with Gasteiger partial charge in [0.15, 0.2) is 18.1 Å². The number of amides is 1. The second-order valence-electron chi connectivity index (χ2n) is 5.77. The Hall–Kier alpha value is -2.41. The summed E-state index contributed by atoms with van der Waals surface area (Å²) in [5.41, 5.74) is 1.07. The molecule has 0 unspecified atom stereocenters. The van der Waals surface area contributed by atoms with Gasteiger partial charge in [0.1, 0.15) is 5.01 Å². The number of nitrogens with one attached hydrogen (secondary N) is 1. The summed E-state index contributed by atoms with van der Waals surface area (Å²) < 4.78 is 10.9. The molecule has 0 aliphatic heterocycles. The largest absolute Gasteiger partial charge is 0.493 e. The van der Waals surface area contributed by atoms with Crippen molar-refractivity contribution < 1.29 is 14.3 Å². The van der Waals surface area contributed by atoms with Crippen LogP contribution in [0.3, 0.4) is 0 Å². The Morgan fingerprint density at radius 1 is 1.31 bits per heavy atom. The standard InChI is InChI=1S/C19H25N3O3S/c1-5-8-13-9-10-15(16(11-13)24-4)25-12-17(23)20-19-22-21-18(26-19)14(6-2)7-3/h5,9-11,14H,1,6-8,12H2,2-4H3,(H,20,22,23). The number of carbonyl (C=O) groups is 1. The van der Waals surface area contributed by atoms with Crippen molar-refractivity contribution in [1.82, 2.24) is 10.2 Å². The summed E-state index contributed by atoms with van der Waals surface area (Å²) in [6.07, 6.45) is 4.57. The molecule has 1 N–H and O–H groups in total. The van der Waals surface area contributed by atoms with Crippen LogP contribution in [-0.4, -0.2) is 29.8 Å². The molecule has 1 aromatic carbocycles. The predicted octanol–water partition coefficient (Wildman–Crippen LogP) is 4.20. The van der Waals surface area contributed by atoms with E-state index in [1.807, 2.05) is 18.2 Å². The Kier molecular flexibility index (Phi) is 7.59. The van der Waals surface area contributed by atoms with E-state index in [4.69, 9.17) is 9.47 Å². The number of anilines is 1. The van der Waals surface area contributed by atoms with Gasteiger partial charge in [-0.2, -0.15) is 0 Å². The molecule has 2 rings (SSSR count). The average Bonchev–Trinajstić information content (AvgIpc) is 3.10. The molecular weight excluding hydrogens is 350 g/mol. The van der Waals surface area contributed by atoms with E-state index in [-0.39, 0.29) is 12.5 Å². The van der Waals surface area contributed by atoms with Crippen molar-refractivity contribution >= 4 is 22.4 Å². The van der Waals surface area contributed by atoms with Crippen LogP contribution in [0, 0.1) is 0 Å². The first-order valence-electron chi connectivity index (χ1n) is 8.65. The van der Waals surface area contributed by atoms with Gasteiger partial charge in [-0.15, -0.1) is 16.8 Å². The third-order valence-corrected chi connectivity index (χ3v) is 4.99. The van der Waals surface area contributed by atoms with Gasteiger partial charge in [-0.05, 0) is 37.0 Å². The molecule has 1 heterocycles. The van der Waals surface area contributed by atoms with Gasteiger partial charge in [-0.3, -0.25) is 10.1 Å². The fourth-order valence-corrected chi connectivity index (χ4v) is 3.54. The molecule has 0 saturated heterocycles. The Labute approximate surface area is 158 Å². The molecule has 1 aromatic heterocycles. The number of carbonyl (C=O) groups excluding carboxylic acids is 1. The van der Waals surface area contributed by atoms with E-state index >= 15 is 0 Å². The molecule has 0 fully saturated rings. The number of nitrogens with zero attached hydrogens (tertiary/aromatic N) is 2. The Morgan fingerprint density at radius 2 is 2.08 bits per heavy atom. The highest BCUT2D eigenvalue weighted by atomic mass is 32.1. The van der Waals surface area contributed by atoms with Crippen LogP contribution in [-0.2, 0) is 11.2 Å². The molecule has 0 aliphatic rings. The summed E-state index contributed by atoms with van der Waals surface area (Å²) in [6, 6.07) is 5.59. The van der Waals surface area contributed by atoms with Crippen LogP contribution >= 0.6 is 11.3 Å². The van der Waals surface area contributed by atoms with Gasteiger partial charge in [-0.1, -0.05) is 37.3 Å². The van der Waals surface area contributed by atoms with Crippen LogP contribution in [0.4, 0.5) is 5.13 Å².